The van der Waals surface area contributed by atoms with Gasteiger partial charge >= 0.3 is 0 Å². The zero-order valence-electron chi connectivity index (χ0n) is 10.8. The number of nitrogens with zero attached hydrogens (tertiary/aromatic N) is 2. The summed E-state index contributed by atoms with van der Waals surface area (Å²) in [5, 5.41) is 3.90. The van der Waals surface area contributed by atoms with Gasteiger partial charge in [-0.1, -0.05) is 11.8 Å². The van der Waals surface area contributed by atoms with Gasteiger partial charge in [-0.2, -0.15) is 0 Å². The maximum atomic E-state index is 11.0. The third-order valence-electron chi connectivity index (χ3n) is 2.27. The molecule has 2 atom stereocenters. The highest BCUT2D eigenvalue weighted by atomic mass is 32.2. The van der Waals surface area contributed by atoms with Crippen LogP contribution in [0.25, 0.3) is 0 Å². The van der Waals surface area contributed by atoms with Gasteiger partial charge < -0.3 is 10.7 Å². The van der Waals surface area contributed by atoms with Crippen LogP contribution in [0.15, 0.2) is 11.2 Å². The number of rotatable bonds is 7. The minimum atomic E-state index is -0.765. The number of nitrogen functional groups attached to an aromatic ring is 1. The van der Waals surface area contributed by atoms with Gasteiger partial charge in [0.15, 0.2) is 5.16 Å². The number of nitrogens with one attached hydrogen (secondary N) is 2. The van der Waals surface area contributed by atoms with E-state index in [1.54, 1.807) is 12.3 Å². The predicted molar refractivity (Wildman–Crippen MR) is 78.3 cm³/mol. The summed E-state index contributed by atoms with van der Waals surface area (Å²) in [7, 11) is -0.765. The van der Waals surface area contributed by atoms with Gasteiger partial charge in [0.25, 0.3) is 0 Å². The van der Waals surface area contributed by atoms with Crippen LogP contribution in [-0.2, 0) is 10.8 Å². The van der Waals surface area contributed by atoms with Crippen LogP contribution in [0.4, 0.5) is 11.6 Å². The van der Waals surface area contributed by atoms with Crippen molar-refractivity contribution < 1.29 is 4.21 Å². The number of hydrazine groups is 1. The van der Waals surface area contributed by atoms with E-state index >= 15 is 0 Å². The molecule has 0 fully saturated rings. The van der Waals surface area contributed by atoms with Crippen LogP contribution in [0.5, 0.6) is 0 Å². The molecule has 0 radical (unpaired) electrons. The molecule has 0 aromatic carbocycles. The fourth-order valence-electron chi connectivity index (χ4n) is 1.33. The summed E-state index contributed by atoms with van der Waals surface area (Å²) >= 11 is 1.45. The third-order valence-corrected chi connectivity index (χ3v) is 3.63. The van der Waals surface area contributed by atoms with Crippen LogP contribution >= 0.6 is 11.8 Å². The van der Waals surface area contributed by atoms with Crippen molar-refractivity contribution in [3.63, 3.8) is 0 Å². The van der Waals surface area contributed by atoms with Gasteiger partial charge in [-0.15, -0.1) is 0 Å². The molecule has 1 aromatic heterocycles. The number of nitrogens with two attached hydrogens (primary N) is 1. The molecule has 0 aliphatic rings. The highest BCUT2D eigenvalue weighted by molar-refractivity contribution is 7.98. The van der Waals surface area contributed by atoms with E-state index in [2.05, 4.69) is 20.7 Å². The first-order valence-electron chi connectivity index (χ1n) is 5.51. The van der Waals surface area contributed by atoms with Gasteiger partial charge in [0.05, 0.1) is 0 Å². The molecule has 1 heterocycles. The second-order valence-corrected chi connectivity index (χ2v) is 6.21. The largest absolute Gasteiger partial charge is 0.367 e. The van der Waals surface area contributed by atoms with E-state index in [9.17, 15) is 4.21 Å². The maximum Gasteiger partial charge on any atom is 0.191 e. The Bertz CT molecular complexity index is 393. The molecule has 0 amide bonds. The number of aromatic nitrogens is 2. The Hall–Kier alpha value is -0.860. The van der Waals surface area contributed by atoms with Gasteiger partial charge in [-0.3, -0.25) is 4.21 Å². The Morgan fingerprint density at radius 3 is 2.72 bits per heavy atom. The first-order chi connectivity index (χ1) is 8.55. The van der Waals surface area contributed by atoms with Crippen molar-refractivity contribution in [2.45, 2.75) is 24.5 Å². The summed E-state index contributed by atoms with van der Waals surface area (Å²) in [5.41, 5.74) is 2.51. The highest BCUT2D eigenvalue weighted by Gasteiger charge is 2.07. The van der Waals surface area contributed by atoms with Crippen molar-refractivity contribution in [1.29, 1.82) is 0 Å². The second-order valence-electron chi connectivity index (χ2n) is 3.88. The van der Waals surface area contributed by atoms with Crippen molar-refractivity contribution in [1.82, 2.24) is 9.97 Å². The second kappa shape index (κ2) is 7.55. The topological polar surface area (TPSA) is 92.9 Å². The average molecular weight is 289 g/mol. The Labute approximate surface area is 114 Å². The number of hydrogen-bond acceptors (Lipinski definition) is 7. The molecule has 102 valence electrons. The van der Waals surface area contributed by atoms with Crippen LogP contribution in [0, 0.1) is 0 Å². The van der Waals surface area contributed by atoms with E-state index in [-0.39, 0.29) is 6.04 Å². The SMILES string of the molecule is CSc1nc(NN)cc(NC(C)CCS(C)=O)n1. The quantitative estimate of drug-likeness (QED) is 0.299. The van der Waals surface area contributed by atoms with Crippen LogP contribution in [0.1, 0.15) is 13.3 Å². The third kappa shape index (κ3) is 5.19. The van der Waals surface area contributed by atoms with Gasteiger partial charge in [-0.25, -0.2) is 15.8 Å². The molecule has 0 saturated carbocycles. The molecule has 1 aromatic rings. The molecular formula is C10H19N5OS2. The van der Waals surface area contributed by atoms with E-state index in [0.717, 1.165) is 12.2 Å². The molecule has 0 saturated heterocycles. The van der Waals surface area contributed by atoms with E-state index in [1.807, 2.05) is 13.2 Å². The average Bonchev–Trinajstić information content (AvgIpc) is 2.35. The molecular weight excluding hydrogens is 270 g/mol. The van der Waals surface area contributed by atoms with Crippen LogP contribution in [-0.4, -0.2) is 38.5 Å². The van der Waals surface area contributed by atoms with Crippen LogP contribution in [0.2, 0.25) is 0 Å². The molecule has 0 aliphatic heterocycles. The lowest BCUT2D eigenvalue weighted by Gasteiger charge is -2.14. The van der Waals surface area contributed by atoms with Crippen LogP contribution < -0.4 is 16.6 Å². The number of anilines is 2. The Kier molecular flexibility index (Phi) is 6.37. The lowest BCUT2D eigenvalue weighted by molar-refractivity contribution is 0.678. The lowest BCUT2D eigenvalue weighted by Crippen LogP contribution is -2.19. The predicted octanol–water partition coefficient (Wildman–Crippen LogP) is 1.05. The smallest absolute Gasteiger partial charge is 0.191 e. The molecule has 1 rings (SSSR count). The lowest BCUT2D eigenvalue weighted by atomic mass is 10.2. The molecule has 0 spiro atoms. The molecule has 0 aliphatic carbocycles. The monoisotopic (exact) mass is 289 g/mol. The van der Waals surface area contributed by atoms with Crippen molar-refractivity contribution in [2.75, 3.05) is 29.0 Å². The highest BCUT2D eigenvalue weighted by Crippen LogP contribution is 2.17. The van der Waals surface area contributed by atoms with Gasteiger partial charge in [0.1, 0.15) is 11.6 Å². The minimum Gasteiger partial charge on any atom is -0.367 e. The normalized spacial score (nSPS) is 14.0. The molecule has 18 heavy (non-hydrogen) atoms. The van der Waals surface area contributed by atoms with Gasteiger partial charge in [0, 0.05) is 34.9 Å². The summed E-state index contributed by atoms with van der Waals surface area (Å²) in [6, 6.07) is 1.95. The van der Waals surface area contributed by atoms with Crippen molar-refractivity contribution in [3.8, 4) is 0 Å². The Balaban J connectivity index is 2.67. The summed E-state index contributed by atoms with van der Waals surface area (Å²) in [5.74, 6) is 7.32. The summed E-state index contributed by atoms with van der Waals surface area (Å²) in [6.07, 6.45) is 4.44. The molecule has 6 nitrogen and oxygen atoms in total. The standard InChI is InChI=1S/C10H19N5OS2/c1-7(4-5-18(3)16)12-8-6-9(15-11)14-10(13-8)17-2/h6-7H,4-5,11H2,1-3H3,(H2,12,13,14,15). The van der Waals surface area contributed by atoms with E-state index in [4.69, 9.17) is 5.84 Å². The Morgan fingerprint density at radius 1 is 1.50 bits per heavy atom. The summed E-state index contributed by atoms with van der Waals surface area (Å²) < 4.78 is 11.0. The summed E-state index contributed by atoms with van der Waals surface area (Å²) in [4.78, 5) is 8.52. The Morgan fingerprint density at radius 2 is 2.17 bits per heavy atom. The number of thioether (sulfide) groups is 1. The zero-order chi connectivity index (χ0) is 13.5. The fourth-order valence-corrected chi connectivity index (χ4v) is 2.40. The fraction of sp³-hybridized carbons (Fsp3) is 0.600. The van der Waals surface area contributed by atoms with Crippen molar-refractivity contribution in [2.24, 2.45) is 5.84 Å². The molecule has 8 heteroatoms. The minimum absolute atomic E-state index is 0.198. The van der Waals surface area contributed by atoms with E-state index in [0.29, 0.717) is 16.7 Å². The van der Waals surface area contributed by atoms with Gasteiger partial charge in [0.2, 0.25) is 0 Å². The summed E-state index contributed by atoms with van der Waals surface area (Å²) in [6.45, 7) is 2.03. The maximum absolute atomic E-state index is 11.0. The first kappa shape index (κ1) is 15.2. The molecule has 4 N–H and O–H groups in total. The zero-order valence-corrected chi connectivity index (χ0v) is 12.4. The van der Waals surface area contributed by atoms with E-state index in [1.165, 1.54) is 11.8 Å². The van der Waals surface area contributed by atoms with Gasteiger partial charge in [-0.05, 0) is 19.6 Å². The molecule has 2 unspecified atom stereocenters. The van der Waals surface area contributed by atoms with Crippen LogP contribution in [0.3, 0.4) is 0 Å². The first-order valence-corrected chi connectivity index (χ1v) is 8.46. The number of hydrogen-bond donors (Lipinski definition) is 3. The molecule has 0 bridgehead atoms. The van der Waals surface area contributed by atoms with Crippen molar-refractivity contribution >= 4 is 34.2 Å². The van der Waals surface area contributed by atoms with E-state index < -0.39 is 10.8 Å². The van der Waals surface area contributed by atoms with Crippen molar-refractivity contribution in [3.05, 3.63) is 6.07 Å².